The summed E-state index contributed by atoms with van der Waals surface area (Å²) in [6, 6.07) is 6.46. The molecule has 0 aliphatic carbocycles. The minimum absolute atomic E-state index is 0.318. The normalized spacial score (nSPS) is 11.9. The average molecular weight is 328 g/mol. The molecular weight excluding hydrogens is 310 g/mol. The molecule has 0 amide bonds. The molecule has 0 aliphatic rings. The monoisotopic (exact) mass is 327 g/mol. The van der Waals surface area contributed by atoms with E-state index in [9.17, 15) is 0 Å². The lowest BCUT2D eigenvalue weighted by Crippen LogP contribution is -2.21. The molecule has 1 unspecified atom stereocenters. The van der Waals surface area contributed by atoms with E-state index in [1.807, 2.05) is 6.07 Å². The van der Waals surface area contributed by atoms with E-state index in [4.69, 9.17) is 11.2 Å². The summed E-state index contributed by atoms with van der Waals surface area (Å²) in [6.07, 6.45) is 5.20. The minimum atomic E-state index is 0.318. The molecular formula is C14H18BrNOS. The molecule has 1 N–H and O–H groups in total. The third kappa shape index (κ3) is 4.93. The second-order valence-electron chi connectivity index (χ2n) is 3.83. The van der Waals surface area contributed by atoms with Crippen LogP contribution in [0.15, 0.2) is 22.7 Å². The second kappa shape index (κ2) is 8.47. The Hall–Kier alpha value is -0.630. The van der Waals surface area contributed by atoms with Gasteiger partial charge in [-0.05, 0) is 40.5 Å². The molecule has 18 heavy (non-hydrogen) atoms. The highest BCUT2D eigenvalue weighted by molar-refractivity contribution is 9.10. The molecule has 2 nitrogen and oxygen atoms in total. The maximum Gasteiger partial charge on any atom is 0.133 e. The number of rotatable bonds is 7. The predicted molar refractivity (Wildman–Crippen MR) is 83.3 cm³/mol. The molecule has 1 rings (SSSR count). The van der Waals surface area contributed by atoms with E-state index in [0.29, 0.717) is 6.04 Å². The van der Waals surface area contributed by atoms with Gasteiger partial charge in [-0.1, -0.05) is 12.0 Å². The fourth-order valence-electron chi connectivity index (χ4n) is 1.55. The summed E-state index contributed by atoms with van der Waals surface area (Å²) in [5.41, 5.74) is 1.24. The third-order valence-electron chi connectivity index (χ3n) is 2.56. The van der Waals surface area contributed by atoms with Crippen LogP contribution in [0.2, 0.25) is 0 Å². The molecule has 0 radical (unpaired) electrons. The van der Waals surface area contributed by atoms with Crippen LogP contribution in [0.4, 0.5) is 0 Å². The Morgan fingerprint density at radius 3 is 2.94 bits per heavy atom. The topological polar surface area (TPSA) is 21.3 Å². The molecule has 1 aromatic carbocycles. The molecule has 0 bridgehead atoms. The van der Waals surface area contributed by atoms with E-state index in [0.717, 1.165) is 28.3 Å². The molecule has 0 saturated heterocycles. The Kier molecular flexibility index (Phi) is 7.26. The van der Waals surface area contributed by atoms with Crippen LogP contribution in [0, 0.1) is 12.3 Å². The Labute approximate surface area is 122 Å². The van der Waals surface area contributed by atoms with E-state index in [2.05, 4.69) is 46.2 Å². The van der Waals surface area contributed by atoms with Crippen LogP contribution in [0.25, 0.3) is 0 Å². The highest BCUT2D eigenvalue weighted by Gasteiger charge is 2.07. The smallest absolute Gasteiger partial charge is 0.133 e. The summed E-state index contributed by atoms with van der Waals surface area (Å²) in [5, 5.41) is 3.47. The molecule has 0 spiro atoms. The number of halogens is 1. The molecule has 0 aromatic heterocycles. The first-order valence-electron chi connectivity index (χ1n) is 5.77. The number of terminal acetylenes is 1. The minimum Gasteiger partial charge on any atom is -0.496 e. The van der Waals surface area contributed by atoms with Crippen LogP contribution >= 0.6 is 27.7 Å². The molecule has 0 heterocycles. The van der Waals surface area contributed by atoms with E-state index in [-0.39, 0.29) is 0 Å². The van der Waals surface area contributed by atoms with E-state index in [1.165, 1.54) is 5.56 Å². The van der Waals surface area contributed by atoms with Crippen molar-refractivity contribution < 1.29 is 4.74 Å². The fraction of sp³-hybridized carbons (Fsp3) is 0.429. The molecule has 0 saturated carbocycles. The molecule has 1 atom stereocenters. The third-order valence-corrected chi connectivity index (χ3v) is 4.04. The Morgan fingerprint density at radius 1 is 1.56 bits per heavy atom. The van der Waals surface area contributed by atoms with Gasteiger partial charge in [0.25, 0.3) is 0 Å². The number of thioether (sulfide) groups is 1. The number of benzene rings is 1. The summed E-state index contributed by atoms with van der Waals surface area (Å²) in [6.45, 7) is 3.11. The summed E-state index contributed by atoms with van der Waals surface area (Å²) in [4.78, 5) is 0. The van der Waals surface area contributed by atoms with E-state index < -0.39 is 0 Å². The number of nitrogens with one attached hydrogen (secondary N) is 1. The predicted octanol–water partition coefficient (Wildman–Crippen LogP) is 3.47. The summed E-state index contributed by atoms with van der Waals surface area (Å²) in [5.74, 6) is 5.30. The summed E-state index contributed by atoms with van der Waals surface area (Å²) < 4.78 is 6.20. The van der Waals surface area contributed by atoms with Crippen LogP contribution in [-0.2, 0) is 0 Å². The fourth-order valence-corrected chi connectivity index (χ4v) is 2.63. The van der Waals surface area contributed by atoms with Gasteiger partial charge in [0.1, 0.15) is 5.75 Å². The van der Waals surface area contributed by atoms with Crippen LogP contribution in [0.5, 0.6) is 5.75 Å². The first kappa shape index (κ1) is 15.4. The Bertz CT molecular complexity index is 417. The summed E-state index contributed by atoms with van der Waals surface area (Å²) >= 11 is 5.27. The van der Waals surface area contributed by atoms with Crippen LogP contribution in [0.3, 0.4) is 0 Å². The lowest BCUT2D eigenvalue weighted by molar-refractivity contribution is 0.411. The number of hydrogen-bond donors (Lipinski definition) is 1. The van der Waals surface area contributed by atoms with Gasteiger partial charge in [0.15, 0.2) is 0 Å². The molecule has 0 aliphatic heterocycles. The van der Waals surface area contributed by atoms with Gasteiger partial charge < -0.3 is 10.1 Å². The summed E-state index contributed by atoms with van der Waals surface area (Å²) in [7, 11) is 1.67. The SMILES string of the molecule is C#CCSCCNC(C)c1ccc(OC)c(Br)c1. The van der Waals surface area contributed by atoms with Gasteiger partial charge in [-0.15, -0.1) is 18.2 Å². The van der Waals surface area contributed by atoms with E-state index >= 15 is 0 Å². The maximum atomic E-state index is 5.22. The van der Waals surface area contributed by atoms with Crippen molar-refractivity contribution in [3.8, 4) is 18.1 Å². The van der Waals surface area contributed by atoms with Crippen molar-refractivity contribution in [3.63, 3.8) is 0 Å². The number of hydrogen-bond acceptors (Lipinski definition) is 3. The zero-order chi connectivity index (χ0) is 13.4. The van der Waals surface area contributed by atoms with Gasteiger partial charge in [0.05, 0.1) is 17.3 Å². The van der Waals surface area contributed by atoms with Crippen molar-refractivity contribution in [3.05, 3.63) is 28.2 Å². The zero-order valence-corrected chi connectivity index (χ0v) is 13.1. The first-order chi connectivity index (χ1) is 8.69. The van der Waals surface area contributed by atoms with Crippen LogP contribution < -0.4 is 10.1 Å². The van der Waals surface area contributed by atoms with Crippen LogP contribution in [-0.4, -0.2) is 25.2 Å². The number of ether oxygens (including phenoxy) is 1. The van der Waals surface area contributed by atoms with Gasteiger partial charge in [-0.3, -0.25) is 0 Å². The number of methoxy groups -OCH3 is 1. The maximum absolute atomic E-state index is 5.22. The van der Waals surface area contributed by atoms with Gasteiger partial charge in [-0.25, -0.2) is 0 Å². The van der Waals surface area contributed by atoms with Gasteiger partial charge in [0, 0.05) is 18.3 Å². The van der Waals surface area contributed by atoms with Gasteiger partial charge >= 0.3 is 0 Å². The van der Waals surface area contributed by atoms with Crippen molar-refractivity contribution in [1.82, 2.24) is 5.32 Å². The lowest BCUT2D eigenvalue weighted by atomic mass is 10.1. The van der Waals surface area contributed by atoms with Crippen molar-refractivity contribution in [2.24, 2.45) is 0 Å². The highest BCUT2D eigenvalue weighted by Crippen LogP contribution is 2.27. The van der Waals surface area contributed by atoms with E-state index in [1.54, 1.807) is 18.9 Å². The Balaban J connectivity index is 2.44. The first-order valence-corrected chi connectivity index (χ1v) is 7.71. The Morgan fingerprint density at radius 2 is 2.33 bits per heavy atom. The molecule has 1 aromatic rings. The van der Waals surface area contributed by atoms with Crippen molar-refractivity contribution in [2.45, 2.75) is 13.0 Å². The molecule has 0 fully saturated rings. The second-order valence-corrected chi connectivity index (χ2v) is 5.79. The average Bonchev–Trinajstić information content (AvgIpc) is 2.38. The highest BCUT2D eigenvalue weighted by atomic mass is 79.9. The lowest BCUT2D eigenvalue weighted by Gasteiger charge is -2.15. The quantitative estimate of drug-likeness (QED) is 0.612. The standard InChI is InChI=1S/C14H18BrNOS/c1-4-8-18-9-7-16-11(2)12-5-6-14(17-3)13(15)10-12/h1,5-6,10-11,16H,7-9H2,2-3H3. The van der Waals surface area contributed by atoms with Gasteiger partial charge in [-0.2, -0.15) is 0 Å². The molecule has 4 heteroatoms. The van der Waals surface area contributed by atoms with Crippen molar-refractivity contribution >= 4 is 27.7 Å². The van der Waals surface area contributed by atoms with Crippen LogP contribution in [0.1, 0.15) is 18.5 Å². The zero-order valence-electron chi connectivity index (χ0n) is 10.7. The van der Waals surface area contributed by atoms with Crippen molar-refractivity contribution in [2.75, 3.05) is 25.2 Å². The van der Waals surface area contributed by atoms with Crippen molar-refractivity contribution in [1.29, 1.82) is 0 Å². The van der Waals surface area contributed by atoms with Gasteiger partial charge in [0.2, 0.25) is 0 Å². The molecule has 98 valence electrons. The largest absolute Gasteiger partial charge is 0.496 e.